The first kappa shape index (κ1) is 12.1. The van der Waals surface area contributed by atoms with E-state index in [1.807, 2.05) is 7.05 Å². The Balaban J connectivity index is 2.12. The van der Waals surface area contributed by atoms with Crippen LogP contribution in [0.1, 0.15) is 30.4 Å². The van der Waals surface area contributed by atoms with Crippen LogP contribution in [-0.2, 0) is 17.6 Å². The van der Waals surface area contributed by atoms with E-state index in [0.717, 1.165) is 37.9 Å². The molecule has 1 heterocycles. The van der Waals surface area contributed by atoms with Crippen LogP contribution in [-0.4, -0.2) is 19.5 Å². The van der Waals surface area contributed by atoms with E-state index in [4.69, 9.17) is 5.73 Å². The zero-order valence-electron chi connectivity index (χ0n) is 10.4. The summed E-state index contributed by atoms with van der Waals surface area (Å²) in [4.78, 5) is 13.3. The number of aryl methyl sites for hydroxylation is 2. The van der Waals surface area contributed by atoms with Crippen molar-refractivity contribution in [3.8, 4) is 0 Å². The molecule has 92 valence electrons. The predicted molar refractivity (Wildman–Crippen MR) is 70.2 cm³/mol. The molecule has 1 aromatic rings. The van der Waals surface area contributed by atoms with Gasteiger partial charge in [0.25, 0.3) is 0 Å². The smallest absolute Gasteiger partial charge is 0.227 e. The molecule has 3 heteroatoms. The van der Waals surface area contributed by atoms with E-state index in [2.05, 4.69) is 18.2 Å². The van der Waals surface area contributed by atoms with Crippen LogP contribution in [0, 0.1) is 0 Å². The molecule has 2 N–H and O–H groups in total. The third-order valence-corrected chi connectivity index (χ3v) is 3.41. The molecule has 17 heavy (non-hydrogen) atoms. The summed E-state index contributed by atoms with van der Waals surface area (Å²) >= 11 is 0. The number of carbonyl (C=O) groups excluding carboxylic acids is 1. The molecule has 0 fully saturated rings. The highest BCUT2D eigenvalue weighted by atomic mass is 16.2. The second-order valence-electron chi connectivity index (χ2n) is 4.66. The van der Waals surface area contributed by atoms with Gasteiger partial charge in [0.05, 0.1) is 0 Å². The molecule has 1 aliphatic rings. The lowest BCUT2D eigenvalue weighted by Gasteiger charge is -2.26. The summed E-state index contributed by atoms with van der Waals surface area (Å²) in [6.07, 6.45) is 4.82. The predicted octanol–water partition coefficient (Wildman–Crippen LogP) is 1.88. The third-order valence-electron chi connectivity index (χ3n) is 3.41. The third kappa shape index (κ3) is 2.67. The van der Waals surface area contributed by atoms with Gasteiger partial charge in [0.2, 0.25) is 5.91 Å². The van der Waals surface area contributed by atoms with Gasteiger partial charge in [-0.2, -0.15) is 0 Å². The van der Waals surface area contributed by atoms with E-state index in [-0.39, 0.29) is 5.91 Å². The molecule has 0 unspecified atom stereocenters. The first-order chi connectivity index (χ1) is 8.22. The van der Waals surface area contributed by atoms with Gasteiger partial charge >= 0.3 is 0 Å². The number of hydrogen-bond donors (Lipinski definition) is 1. The molecule has 0 spiro atoms. The Morgan fingerprint density at radius 1 is 1.29 bits per heavy atom. The standard InChI is InChI=1S/C14H20N2O/c1-16-13-7-5-11(4-2-3-9-15)10-12(13)6-8-14(16)17/h5,7,10H,2-4,6,8-9,15H2,1H3. The fourth-order valence-electron chi connectivity index (χ4n) is 2.34. The summed E-state index contributed by atoms with van der Waals surface area (Å²) in [6, 6.07) is 6.45. The minimum Gasteiger partial charge on any atom is -0.330 e. The molecule has 0 saturated carbocycles. The van der Waals surface area contributed by atoms with Gasteiger partial charge in [-0.3, -0.25) is 4.79 Å². The molecule has 0 bridgehead atoms. The molecule has 1 amide bonds. The molecule has 1 aromatic carbocycles. The summed E-state index contributed by atoms with van der Waals surface area (Å²) in [6.45, 7) is 0.766. The summed E-state index contributed by atoms with van der Waals surface area (Å²) in [7, 11) is 1.86. The average Bonchev–Trinajstić information content (AvgIpc) is 2.34. The van der Waals surface area contributed by atoms with Crippen LogP contribution in [0.5, 0.6) is 0 Å². The second-order valence-corrected chi connectivity index (χ2v) is 4.66. The van der Waals surface area contributed by atoms with E-state index in [1.54, 1.807) is 4.90 Å². The fraction of sp³-hybridized carbons (Fsp3) is 0.500. The van der Waals surface area contributed by atoms with Crippen molar-refractivity contribution >= 4 is 11.6 Å². The van der Waals surface area contributed by atoms with Crippen LogP contribution in [0.3, 0.4) is 0 Å². The molecular formula is C14H20N2O. The van der Waals surface area contributed by atoms with Gasteiger partial charge < -0.3 is 10.6 Å². The van der Waals surface area contributed by atoms with Crippen LogP contribution < -0.4 is 10.6 Å². The maximum absolute atomic E-state index is 11.6. The van der Waals surface area contributed by atoms with Crippen molar-refractivity contribution in [2.45, 2.75) is 32.1 Å². The van der Waals surface area contributed by atoms with Crippen molar-refractivity contribution in [1.29, 1.82) is 0 Å². The number of nitrogens with two attached hydrogens (primary N) is 1. The van der Waals surface area contributed by atoms with Gasteiger partial charge in [0.1, 0.15) is 0 Å². The van der Waals surface area contributed by atoms with Crippen molar-refractivity contribution < 1.29 is 4.79 Å². The van der Waals surface area contributed by atoms with Gasteiger partial charge in [0, 0.05) is 19.2 Å². The topological polar surface area (TPSA) is 46.3 Å². The highest BCUT2D eigenvalue weighted by Gasteiger charge is 2.20. The van der Waals surface area contributed by atoms with E-state index >= 15 is 0 Å². The number of anilines is 1. The van der Waals surface area contributed by atoms with E-state index < -0.39 is 0 Å². The van der Waals surface area contributed by atoms with Crippen LogP contribution >= 0.6 is 0 Å². The second kappa shape index (κ2) is 5.32. The molecule has 3 nitrogen and oxygen atoms in total. The summed E-state index contributed by atoms with van der Waals surface area (Å²) in [5.74, 6) is 0.216. The Morgan fingerprint density at radius 3 is 2.88 bits per heavy atom. The summed E-state index contributed by atoms with van der Waals surface area (Å²) < 4.78 is 0. The van der Waals surface area contributed by atoms with Gasteiger partial charge in [-0.1, -0.05) is 12.1 Å². The van der Waals surface area contributed by atoms with Gasteiger partial charge in [-0.05, 0) is 49.4 Å². The zero-order chi connectivity index (χ0) is 12.3. The Hall–Kier alpha value is -1.35. The van der Waals surface area contributed by atoms with Crippen LogP contribution in [0.15, 0.2) is 18.2 Å². The maximum Gasteiger partial charge on any atom is 0.227 e. The minimum atomic E-state index is 0.216. The molecule has 2 rings (SSSR count). The lowest BCUT2D eigenvalue weighted by molar-refractivity contribution is -0.118. The molecule has 0 atom stereocenters. The maximum atomic E-state index is 11.6. The van der Waals surface area contributed by atoms with E-state index in [0.29, 0.717) is 6.42 Å². The first-order valence-electron chi connectivity index (χ1n) is 6.31. The first-order valence-corrected chi connectivity index (χ1v) is 6.31. The fourth-order valence-corrected chi connectivity index (χ4v) is 2.34. The highest BCUT2D eigenvalue weighted by Crippen LogP contribution is 2.27. The van der Waals surface area contributed by atoms with Crippen molar-refractivity contribution in [3.63, 3.8) is 0 Å². The average molecular weight is 232 g/mol. The highest BCUT2D eigenvalue weighted by molar-refractivity contribution is 5.95. The number of rotatable bonds is 4. The summed E-state index contributed by atoms with van der Waals surface area (Å²) in [5.41, 5.74) is 9.23. The number of nitrogens with zero attached hydrogens (tertiary/aromatic N) is 1. The number of amides is 1. The lowest BCUT2D eigenvalue weighted by atomic mass is 9.97. The van der Waals surface area contributed by atoms with Gasteiger partial charge in [-0.25, -0.2) is 0 Å². The molecule has 0 radical (unpaired) electrons. The largest absolute Gasteiger partial charge is 0.330 e. The Morgan fingerprint density at radius 2 is 2.12 bits per heavy atom. The van der Waals surface area contributed by atoms with Crippen LogP contribution in [0.4, 0.5) is 5.69 Å². The molecular weight excluding hydrogens is 212 g/mol. The quantitative estimate of drug-likeness (QED) is 0.806. The van der Waals surface area contributed by atoms with Crippen molar-refractivity contribution in [1.82, 2.24) is 0 Å². The molecule has 0 saturated heterocycles. The van der Waals surface area contributed by atoms with Gasteiger partial charge in [0.15, 0.2) is 0 Å². The minimum absolute atomic E-state index is 0.216. The Labute approximate surface area is 103 Å². The monoisotopic (exact) mass is 232 g/mol. The Bertz CT molecular complexity index is 415. The van der Waals surface area contributed by atoms with Crippen LogP contribution in [0.25, 0.3) is 0 Å². The zero-order valence-corrected chi connectivity index (χ0v) is 10.4. The molecule has 0 aromatic heterocycles. The van der Waals surface area contributed by atoms with E-state index in [9.17, 15) is 4.79 Å². The van der Waals surface area contributed by atoms with Crippen LogP contribution in [0.2, 0.25) is 0 Å². The SMILES string of the molecule is CN1C(=O)CCc2cc(CCCCN)ccc21. The number of fused-ring (bicyclic) bond motifs is 1. The number of hydrogen-bond acceptors (Lipinski definition) is 2. The normalized spacial score (nSPS) is 14.9. The number of carbonyl (C=O) groups is 1. The van der Waals surface area contributed by atoms with Gasteiger partial charge in [-0.15, -0.1) is 0 Å². The van der Waals surface area contributed by atoms with E-state index in [1.165, 1.54) is 11.1 Å². The van der Waals surface area contributed by atoms with Crippen molar-refractivity contribution in [3.05, 3.63) is 29.3 Å². The molecule has 1 aliphatic heterocycles. The lowest BCUT2D eigenvalue weighted by Crippen LogP contribution is -2.31. The number of unbranched alkanes of at least 4 members (excludes halogenated alkanes) is 1. The summed E-state index contributed by atoms with van der Waals surface area (Å²) in [5, 5.41) is 0. The van der Waals surface area contributed by atoms with Crippen molar-refractivity contribution in [2.75, 3.05) is 18.5 Å². The van der Waals surface area contributed by atoms with Crippen molar-refractivity contribution in [2.24, 2.45) is 5.73 Å². The Kier molecular flexibility index (Phi) is 3.79. The number of benzene rings is 1. The molecule has 0 aliphatic carbocycles.